The van der Waals surface area contributed by atoms with Crippen molar-refractivity contribution in [1.82, 2.24) is 9.78 Å². The molecular weight excluding hydrogens is 260 g/mol. The van der Waals surface area contributed by atoms with Crippen molar-refractivity contribution < 1.29 is 5.11 Å². The van der Waals surface area contributed by atoms with Crippen LogP contribution in [0.1, 0.15) is 16.7 Å². The van der Waals surface area contributed by atoms with Crippen LogP contribution in [0.25, 0.3) is 16.9 Å². The van der Waals surface area contributed by atoms with Crippen LogP contribution in [-0.4, -0.2) is 14.9 Å². The predicted octanol–water partition coefficient (Wildman–Crippen LogP) is 4.17. The molecular formula is C18H18N2O. The van der Waals surface area contributed by atoms with Crippen LogP contribution in [-0.2, 0) is 0 Å². The molecule has 0 fully saturated rings. The van der Waals surface area contributed by atoms with Gasteiger partial charge in [-0.3, -0.25) is 0 Å². The molecule has 3 heteroatoms. The fourth-order valence-corrected chi connectivity index (χ4v) is 2.51. The van der Waals surface area contributed by atoms with Crippen molar-refractivity contribution in [2.45, 2.75) is 20.8 Å². The molecule has 1 N–H and O–H groups in total. The highest BCUT2D eigenvalue weighted by Gasteiger charge is 2.17. The number of rotatable bonds is 2. The third-order valence-corrected chi connectivity index (χ3v) is 3.78. The van der Waals surface area contributed by atoms with Crippen LogP contribution in [0.15, 0.2) is 48.5 Å². The van der Waals surface area contributed by atoms with E-state index in [4.69, 9.17) is 0 Å². The number of aromatic nitrogens is 2. The van der Waals surface area contributed by atoms with Gasteiger partial charge in [-0.05, 0) is 38.5 Å². The van der Waals surface area contributed by atoms with E-state index >= 15 is 0 Å². The fraction of sp³-hybridized carbons (Fsp3) is 0.167. The molecule has 0 unspecified atom stereocenters. The molecule has 3 rings (SSSR count). The zero-order chi connectivity index (χ0) is 15.0. The first-order chi connectivity index (χ1) is 10.1. The summed E-state index contributed by atoms with van der Waals surface area (Å²) in [6.07, 6.45) is 0. The van der Waals surface area contributed by atoms with Crippen molar-refractivity contribution in [3.63, 3.8) is 0 Å². The summed E-state index contributed by atoms with van der Waals surface area (Å²) in [6, 6.07) is 16.3. The van der Waals surface area contributed by atoms with Crippen LogP contribution in [0.4, 0.5) is 0 Å². The maximum Gasteiger partial charge on any atom is 0.234 e. The highest BCUT2D eigenvalue weighted by Crippen LogP contribution is 2.33. The predicted molar refractivity (Wildman–Crippen MR) is 84.9 cm³/mol. The van der Waals surface area contributed by atoms with Crippen molar-refractivity contribution in [2.75, 3.05) is 0 Å². The quantitative estimate of drug-likeness (QED) is 0.764. The Morgan fingerprint density at radius 1 is 0.905 bits per heavy atom. The topological polar surface area (TPSA) is 38.0 Å². The van der Waals surface area contributed by atoms with E-state index in [1.807, 2.05) is 48.0 Å². The van der Waals surface area contributed by atoms with Crippen LogP contribution in [0.5, 0.6) is 5.88 Å². The smallest absolute Gasteiger partial charge is 0.234 e. The van der Waals surface area contributed by atoms with E-state index in [1.165, 1.54) is 5.56 Å². The van der Waals surface area contributed by atoms with Gasteiger partial charge in [-0.25, -0.2) is 4.68 Å². The van der Waals surface area contributed by atoms with Crippen LogP contribution < -0.4 is 0 Å². The Bertz CT molecular complexity index is 785. The van der Waals surface area contributed by atoms with Crippen molar-refractivity contribution in [3.05, 3.63) is 65.2 Å². The monoisotopic (exact) mass is 278 g/mol. The molecule has 0 bridgehead atoms. The molecule has 0 atom stereocenters. The maximum atomic E-state index is 10.1. The Kier molecular flexibility index (Phi) is 3.26. The van der Waals surface area contributed by atoms with E-state index in [1.54, 1.807) is 0 Å². The van der Waals surface area contributed by atoms with E-state index in [2.05, 4.69) is 31.1 Å². The summed E-state index contributed by atoms with van der Waals surface area (Å²) in [4.78, 5) is 0. The van der Waals surface area contributed by atoms with Crippen LogP contribution >= 0.6 is 0 Å². The van der Waals surface area contributed by atoms with E-state index in [-0.39, 0.29) is 5.88 Å². The largest absolute Gasteiger partial charge is 0.492 e. The number of hydrogen-bond donors (Lipinski definition) is 1. The van der Waals surface area contributed by atoms with E-state index in [0.29, 0.717) is 0 Å². The second-order valence-electron chi connectivity index (χ2n) is 5.36. The Morgan fingerprint density at radius 3 is 2.24 bits per heavy atom. The highest BCUT2D eigenvalue weighted by molar-refractivity contribution is 5.70. The SMILES string of the molecule is Cc1ccc(-n2nc(O)c(C)c2-c2ccccc2C)cc1. The van der Waals surface area contributed by atoms with Crippen molar-refractivity contribution in [2.24, 2.45) is 0 Å². The Morgan fingerprint density at radius 2 is 1.57 bits per heavy atom. The lowest BCUT2D eigenvalue weighted by molar-refractivity contribution is 0.444. The minimum atomic E-state index is 0.0776. The fourth-order valence-electron chi connectivity index (χ4n) is 2.51. The first-order valence-electron chi connectivity index (χ1n) is 6.99. The Hall–Kier alpha value is -2.55. The van der Waals surface area contributed by atoms with E-state index in [9.17, 15) is 5.11 Å². The summed E-state index contributed by atoms with van der Waals surface area (Å²) in [5.41, 5.74) is 6.13. The number of aryl methyl sites for hydroxylation is 2. The molecule has 1 aromatic heterocycles. The maximum absolute atomic E-state index is 10.1. The Labute approximate surface area is 124 Å². The second kappa shape index (κ2) is 5.09. The molecule has 0 amide bonds. The molecule has 0 spiro atoms. The van der Waals surface area contributed by atoms with Crippen LogP contribution in [0.3, 0.4) is 0 Å². The molecule has 0 aliphatic rings. The highest BCUT2D eigenvalue weighted by atomic mass is 16.3. The van der Waals surface area contributed by atoms with Gasteiger partial charge in [-0.15, -0.1) is 5.10 Å². The van der Waals surface area contributed by atoms with E-state index < -0.39 is 0 Å². The van der Waals surface area contributed by atoms with Gasteiger partial charge < -0.3 is 5.11 Å². The van der Waals surface area contributed by atoms with Crippen molar-refractivity contribution in [1.29, 1.82) is 0 Å². The van der Waals surface area contributed by atoms with Crippen LogP contribution in [0.2, 0.25) is 0 Å². The molecule has 0 saturated heterocycles. The number of aromatic hydroxyl groups is 1. The molecule has 106 valence electrons. The van der Waals surface area contributed by atoms with Gasteiger partial charge in [0.15, 0.2) is 0 Å². The molecule has 0 aliphatic heterocycles. The van der Waals surface area contributed by atoms with Crippen molar-refractivity contribution in [3.8, 4) is 22.8 Å². The summed E-state index contributed by atoms with van der Waals surface area (Å²) in [5, 5.41) is 14.4. The van der Waals surface area contributed by atoms with Gasteiger partial charge in [0.05, 0.1) is 11.4 Å². The molecule has 0 aliphatic carbocycles. The summed E-state index contributed by atoms with van der Waals surface area (Å²) in [5.74, 6) is 0.0776. The summed E-state index contributed by atoms with van der Waals surface area (Å²) in [6.45, 7) is 6.02. The van der Waals surface area contributed by atoms with Crippen molar-refractivity contribution >= 4 is 0 Å². The molecule has 1 heterocycles. The number of benzene rings is 2. The molecule has 2 aromatic carbocycles. The average Bonchev–Trinajstić information content (AvgIpc) is 2.77. The van der Waals surface area contributed by atoms with Gasteiger partial charge in [-0.1, -0.05) is 42.0 Å². The van der Waals surface area contributed by atoms with Gasteiger partial charge in [0, 0.05) is 11.1 Å². The summed E-state index contributed by atoms with van der Waals surface area (Å²) < 4.78 is 1.81. The minimum absolute atomic E-state index is 0.0776. The summed E-state index contributed by atoms with van der Waals surface area (Å²) >= 11 is 0. The second-order valence-corrected chi connectivity index (χ2v) is 5.36. The molecule has 0 saturated carbocycles. The van der Waals surface area contributed by atoms with Gasteiger partial charge in [0.1, 0.15) is 0 Å². The molecule has 21 heavy (non-hydrogen) atoms. The first-order valence-corrected chi connectivity index (χ1v) is 6.99. The lowest BCUT2D eigenvalue weighted by Crippen LogP contribution is -2.00. The normalized spacial score (nSPS) is 10.8. The number of hydrogen-bond acceptors (Lipinski definition) is 2. The van der Waals surface area contributed by atoms with Crippen LogP contribution in [0, 0.1) is 20.8 Å². The Balaban J connectivity index is 2.26. The zero-order valence-corrected chi connectivity index (χ0v) is 12.5. The van der Waals surface area contributed by atoms with E-state index in [0.717, 1.165) is 28.1 Å². The lowest BCUT2D eigenvalue weighted by Gasteiger charge is -2.11. The average molecular weight is 278 g/mol. The third kappa shape index (κ3) is 2.31. The standard InChI is InChI=1S/C18H18N2O/c1-12-8-10-15(11-9-12)20-17(14(3)18(21)19-20)16-7-5-4-6-13(16)2/h4-11H,1-3H3,(H,19,21). The van der Waals surface area contributed by atoms with Gasteiger partial charge >= 0.3 is 0 Å². The van der Waals surface area contributed by atoms with Gasteiger partial charge in [0.2, 0.25) is 5.88 Å². The number of nitrogens with zero attached hydrogens (tertiary/aromatic N) is 2. The van der Waals surface area contributed by atoms with Gasteiger partial charge in [0.25, 0.3) is 0 Å². The molecule has 3 aromatic rings. The minimum Gasteiger partial charge on any atom is -0.492 e. The zero-order valence-electron chi connectivity index (χ0n) is 12.5. The molecule has 3 nitrogen and oxygen atoms in total. The van der Waals surface area contributed by atoms with Gasteiger partial charge in [-0.2, -0.15) is 0 Å². The lowest BCUT2D eigenvalue weighted by atomic mass is 10.0. The molecule has 0 radical (unpaired) electrons. The first kappa shape index (κ1) is 13.4. The summed E-state index contributed by atoms with van der Waals surface area (Å²) in [7, 11) is 0. The third-order valence-electron chi connectivity index (χ3n) is 3.78.